The highest BCUT2D eigenvalue weighted by Crippen LogP contribution is 2.27. The summed E-state index contributed by atoms with van der Waals surface area (Å²) in [7, 11) is -2.75. The molecule has 12 heteroatoms. The molecule has 0 heterocycles. The van der Waals surface area contributed by atoms with E-state index in [1.54, 1.807) is 36.4 Å². The summed E-state index contributed by atoms with van der Waals surface area (Å²) in [5, 5.41) is 14.4. The van der Waals surface area contributed by atoms with Crippen molar-refractivity contribution in [2.75, 3.05) is 18.0 Å². The highest BCUT2D eigenvalue weighted by molar-refractivity contribution is 7.92. The maximum atomic E-state index is 14.2. The van der Waals surface area contributed by atoms with Gasteiger partial charge in [0, 0.05) is 24.7 Å². The molecular weight excluding hydrogens is 584 g/mol. The third-order valence-corrected chi connectivity index (χ3v) is 9.57. The van der Waals surface area contributed by atoms with E-state index in [0.717, 1.165) is 36.4 Å². The van der Waals surface area contributed by atoms with Crippen molar-refractivity contribution in [3.8, 4) is 5.75 Å². The van der Waals surface area contributed by atoms with Crippen molar-refractivity contribution in [3.63, 3.8) is 0 Å². The number of nitrogens with zero attached hydrogens (tertiary/aromatic N) is 3. The van der Waals surface area contributed by atoms with Crippen molar-refractivity contribution in [3.05, 3.63) is 94.5 Å². The van der Waals surface area contributed by atoms with Crippen LogP contribution in [0.25, 0.3) is 0 Å². The largest absolute Gasteiger partial charge is 0.497 e. The van der Waals surface area contributed by atoms with Crippen molar-refractivity contribution >= 4 is 33.2 Å². The van der Waals surface area contributed by atoms with Crippen molar-refractivity contribution in [2.24, 2.45) is 0 Å². The van der Waals surface area contributed by atoms with E-state index in [2.05, 4.69) is 5.32 Å². The number of ether oxygens (including phenoxy) is 1. The maximum Gasteiger partial charge on any atom is 0.269 e. The highest BCUT2D eigenvalue weighted by Gasteiger charge is 2.34. The van der Waals surface area contributed by atoms with Gasteiger partial charge in [0.2, 0.25) is 11.8 Å². The second kappa shape index (κ2) is 14.8. The van der Waals surface area contributed by atoms with Gasteiger partial charge >= 0.3 is 0 Å². The van der Waals surface area contributed by atoms with Gasteiger partial charge in [-0.15, -0.1) is 0 Å². The summed E-state index contributed by atoms with van der Waals surface area (Å²) in [4.78, 5) is 39.9. The molecule has 234 valence electrons. The van der Waals surface area contributed by atoms with Crippen molar-refractivity contribution < 1.29 is 27.7 Å². The lowest BCUT2D eigenvalue weighted by Gasteiger charge is -2.34. The molecule has 3 aromatic rings. The lowest BCUT2D eigenvalue weighted by molar-refractivity contribution is -0.384. The van der Waals surface area contributed by atoms with Crippen LogP contribution in [-0.2, 0) is 26.2 Å². The number of nitro benzene ring substituents is 1. The van der Waals surface area contributed by atoms with Crippen LogP contribution in [0.15, 0.2) is 83.8 Å². The summed E-state index contributed by atoms with van der Waals surface area (Å²) in [5.74, 6) is -0.312. The lowest BCUT2D eigenvalue weighted by Crippen LogP contribution is -2.54. The van der Waals surface area contributed by atoms with E-state index in [1.807, 2.05) is 13.0 Å². The number of non-ortho nitro benzene ring substituents is 1. The molecule has 3 aromatic carbocycles. The average molecular weight is 623 g/mol. The predicted molar refractivity (Wildman–Crippen MR) is 167 cm³/mol. The van der Waals surface area contributed by atoms with Gasteiger partial charge in [-0.2, -0.15) is 0 Å². The van der Waals surface area contributed by atoms with E-state index < -0.39 is 33.4 Å². The number of hydrogen-bond acceptors (Lipinski definition) is 7. The summed E-state index contributed by atoms with van der Waals surface area (Å²) in [6.07, 6.45) is 5.21. The standard InChI is InChI=1S/C32H38N4O7S/c1-3-30(32(38)33-25-12-6-4-7-13-25)34(22-24-11-10-14-28(21-24)43-2)31(37)23-35(26-17-19-27(20-18-26)36(39)40)44(41,42)29-15-8-5-9-16-29/h5,8-11,14-21,25,30H,3-4,6-7,12-13,22-23H2,1-2H3,(H,33,38)/t30-/m1/s1. The van der Waals surface area contributed by atoms with E-state index >= 15 is 0 Å². The number of anilines is 1. The molecule has 0 aromatic heterocycles. The first-order valence-electron chi connectivity index (χ1n) is 14.7. The molecule has 0 radical (unpaired) electrons. The zero-order valence-corrected chi connectivity index (χ0v) is 25.7. The summed E-state index contributed by atoms with van der Waals surface area (Å²) < 4.78 is 34.1. The van der Waals surface area contributed by atoms with Gasteiger partial charge in [0.05, 0.1) is 22.6 Å². The van der Waals surface area contributed by atoms with Crippen molar-refractivity contribution in [1.82, 2.24) is 10.2 Å². The Labute approximate surface area is 258 Å². The van der Waals surface area contributed by atoms with Crippen molar-refractivity contribution in [2.45, 2.75) is 69.0 Å². The summed E-state index contributed by atoms with van der Waals surface area (Å²) in [6.45, 7) is 1.21. The van der Waals surface area contributed by atoms with E-state index in [-0.39, 0.29) is 34.8 Å². The molecular formula is C32H38N4O7S. The Morgan fingerprint density at radius 2 is 1.68 bits per heavy atom. The molecule has 1 saturated carbocycles. The van der Waals surface area contributed by atoms with Crippen LogP contribution >= 0.6 is 0 Å². The first-order valence-corrected chi connectivity index (χ1v) is 16.1. The Bertz CT molecular complexity index is 1540. The molecule has 2 amide bonds. The summed E-state index contributed by atoms with van der Waals surface area (Å²) in [5.41, 5.74) is 0.561. The molecule has 4 rings (SSSR count). The Morgan fingerprint density at radius 3 is 2.30 bits per heavy atom. The average Bonchev–Trinajstić information content (AvgIpc) is 3.04. The summed E-state index contributed by atoms with van der Waals surface area (Å²) >= 11 is 0. The highest BCUT2D eigenvalue weighted by atomic mass is 32.2. The quantitative estimate of drug-likeness (QED) is 0.208. The van der Waals surface area contributed by atoms with Gasteiger partial charge < -0.3 is 15.0 Å². The Morgan fingerprint density at radius 1 is 1.00 bits per heavy atom. The minimum absolute atomic E-state index is 0.0223. The van der Waals surface area contributed by atoms with Crippen LogP contribution in [0.2, 0.25) is 0 Å². The fourth-order valence-corrected chi connectivity index (χ4v) is 6.86. The molecule has 44 heavy (non-hydrogen) atoms. The molecule has 0 bridgehead atoms. The fourth-order valence-electron chi connectivity index (χ4n) is 5.42. The molecule has 1 N–H and O–H groups in total. The number of benzene rings is 3. The van der Waals surface area contributed by atoms with E-state index in [4.69, 9.17) is 4.74 Å². The van der Waals surface area contributed by atoms with Gasteiger partial charge in [0.25, 0.3) is 15.7 Å². The number of nitrogens with one attached hydrogen (secondary N) is 1. The second-order valence-electron chi connectivity index (χ2n) is 10.7. The van der Waals surface area contributed by atoms with Crippen LogP contribution < -0.4 is 14.4 Å². The lowest BCUT2D eigenvalue weighted by atomic mass is 9.95. The van der Waals surface area contributed by atoms with Gasteiger partial charge in [0.15, 0.2) is 0 Å². The predicted octanol–water partition coefficient (Wildman–Crippen LogP) is 5.06. The number of amides is 2. The van der Waals surface area contributed by atoms with Crippen LogP contribution in [0.4, 0.5) is 11.4 Å². The van der Waals surface area contributed by atoms with Gasteiger partial charge in [-0.25, -0.2) is 8.42 Å². The molecule has 0 aliphatic heterocycles. The molecule has 0 saturated heterocycles. The monoisotopic (exact) mass is 622 g/mol. The zero-order valence-electron chi connectivity index (χ0n) is 24.9. The number of carbonyl (C=O) groups is 2. The number of nitro groups is 1. The number of methoxy groups -OCH3 is 1. The molecule has 0 unspecified atom stereocenters. The van der Waals surface area contributed by atoms with Crippen LogP contribution in [-0.4, -0.2) is 55.8 Å². The normalized spacial score (nSPS) is 14.3. The van der Waals surface area contributed by atoms with Crippen molar-refractivity contribution in [1.29, 1.82) is 0 Å². The zero-order chi connectivity index (χ0) is 31.7. The molecule has 1 fully saturated rings. The smallest absolute Gasteiger partial charge is 0.269 e. The Balaban J connectivity index is 1.72. The maximum absolute atomic E-state index is 14.2. The number of hydrogen-bond donors (Lipinski definition) is 1. The molecule has 1 aliphatic carbocycles. The molecule has 0 spiro atoms. The van der Waals surface area contributed by atoms with Gasteiger partial charge in [-0.05, 0) is 61.2 Å². The minimum atomic E-state index is -4.28. The Hall–Kier alpha value is -4.45. The van der Waals surface area contributed by atoms with Gasteiger partial charge in [0.1, 0.15) is 18.3 Å². The molecule has 1 atom stereocenters. The number of rotatable bonds is 13. The number of sulfonamides is 1. The fraction of sp³-hybridized carbons (Fsp3) is 0.375. The second-order valence-corrected chi connectivity index (χ2v) is 12.6. The van der Waals surface area contributed by atoms with E-state index in [1.165, 1.54) is 48.4 Å². The SMILES string of the molecule is CC[C@H](C(=O)NC1CCCCC1)N(Cc1cccc(OC)c1)C(=O)CN(c1ccc([N+](=O)[O-])cc1)S(=O)(=O)c1ccccc1. The third-order valence-electron chi connectivity index (χ3n) is 7.78. The molecule has 1 aliphatic rings. The first-order chi connectivity index (χ1) is 21.1. The van der Waals surface area contributed by atoms with E-state index in [0.29, 0.717) is 17.7 Å². The van der Waals surface area contributed by atoms with Gasteiger partial charge in [-0.1, -0.05) is 56.5 Å². The Kier molecular flexibility index (Phi) is 10.9. The van der Waals surface area contributed by atoms with Crippen LogP contribution in [0.1, 0.15) is 51.0 Å². The van der Waals surface area contributed by atoms with Crippen LogP contribution in [0.3, 0.4) is 0 Å². The van der Waals surface area contributed by atoms with Crippen LogP contribution in [0, 0.1) is 10.1 Å². The summed E-state index contributed by atoms with van der Waals surface area (Å²) in [6, 6.07) is 18.9. The molecule has 11 nitrogen and oxygen atoms in total. The first kappa shape index (κ1) is 32.5. The topological polar surface area (TPSA) is 139 Å². The number of carbonyl (C=O) groups excluding carboxylic acids is 2. The van der Waals surface area contributed by atoms with Gasteiger partial charge in [-0.3, -0.25) is 24.0 Å². The van der Waals surface area contributed by atoms with Crippen LogP contribution in [0.5, 0.6) is 5.75 Å². The minimum Gasteiger partial charge on any atom is -0.497 e. The van der Waals surface area contributed by atoms with E-state index in [9.17, 15) is 28.1 Å². The third kappa shape index (κ3) is 7.93.